The third kappa shape index (κ3) is 6.38. The van der Waals surface area contributed by atoms with Crippen molar-refractivity contribution in [3.63, 3.8) is 0 Å². The van der Waals surface area contributed by atoms with Crippen molar-refractivity contribution in [3.05, 3.63) is 63.9 Å². The molecule has 0 bridgehead atoms. The molecule has 1 heterocycles. The summed E-state index contributed by atoms with van der Waals surface area (Å²) in [5, 5.41) is 15.3. The van der Waals surface area contributed by atoms with E-state index in [0.717, 1.165) is 0 Å². The van der Waals surface area contributed by atoms with Crippen molar-refractivity contribution in [3.8, 4) is 5.75 Å². The van der Waals surface area contributed by atoms with Gasteiger partial charge in [-0.05, 0) is 42.5 Å². The van der Waals surface area contributed by atoms with Crippen LogP contribution < -0.4 is 15.4 Å². The maximum Gasteiger partial charge on any atom is 0.251 e. The number of benzene rings is 2. The first-order valence-corrected chi connectivity index (χ1v) is 11.3. The number of nitrogens with zero attached hydrogens (tertiary/aromatic N) is 3. The van der Waals surface area contributed by atoms with E-state index < -0.39 is 0 Å². The number of carbonyl (C=O) groups is 2. The zero-order valence-corrected chi connectivity index (χ0v) is 19.7. The summed E-state index contributed by atoms with van der Waals surface area (Å²) in [7, 11) is 3.39. The summed E-state index contributed by atoms with van der Waals surface area (Å²) in [6.07, 6.45) is 0.499. The van der Waals surface area contributed by atoms with Crippen molar-refractivity contribution >= 4 is 52.5 Å². The van der Waals surface area contributed by atoms with Crippen LogP contribution in [0.25, 0.3) is 0 Å². The van der Waals surface area contributed by atoms with Crippen molar-refractivity contribution in [2.45, 2.75) is 11.6 Å². The van der Waals surface area contributed by atoms with Crippen LogP contribution in [-0.2, 0) is 18.3 Å². The fourth-order valence-electron chi connectivity index (χ4n) is 2.73. The monoisotopic (exact) mass is 493 g/mol. The molecule has 11 heteroatoms. The standard InChI is InChI=1S/C21H21Cl2N5O3S/c1-28-18(9-10-24-20(30)13-3-6-15(31-2)7-4-13)26-27-21(28)32-12-19(29)25-17-8-5-14(22)11-16(17)23/h3-8,11H,9-10,12H2,1-2H3,(H,24,30)(H,25,29). The molecule has 32 heavy (non-hydrogen) atoms. The van der Waals surface area contributed by atoms with Crippen LogP contribution in [0.3, 0.4) is 0 Å². The molecule has 0 aliphatic carbocycles. The van der Waals surface area contributed by atoms with E-state index in [0.29, 0.717) is 51.0 Å². The predicted octanol–water partition coefficient (Wildman–Crippen LogP) is 3.83. The van der Waals surface area contributed by atoms with Crippen LogP contribution in [0.4, 0.5) is 5.69 Å². The Morgan fingerprint density at radius 3 is 2.56 bits per heavy atom. The molecule has 0 aliphatic heterocycles. The van der Waals surface area contributed by atoms with Crippen LogP contribution in [0.5, 0.6) is 5.75 Å². The molecule has 2 N–H and O–H groups in total. The minimum Gasteiger partial charge on any atom is -0.497 e. The molecule has 0 saturated heterocycles. The predicted molar refractivity (Wildman–Crippen MR) is 126 cm³/mol. The Bertz CT molecular complexity index is 1110. The van der Waals surface area contributed by atoms with E-state index in [4.69, 9.17) is 27.9 Å². The van der Waals surface area contributed by atoms with E-state index >= 15 is 0 Å². The van der Waals surface area contributed by atoms with Crippen molar-refractivity contribution in [2.75, 3.05) is 24.7 Å². The van der Waals surface area contributed by atoms with Crippen molar-refractivity contribution in [1.82, 2.24) is 20.1 Å². The summed E-state index contributed by atoms with van der Waals surface area (Å²) < 4.78 is 6.89. The Kier molecular flexibility index (Phi) is 8.38. The van der Waals surface area contributed by atoms with Crippen LogP contribution in [0.1, 0.15) is 16.2 Å². The Balaban J connectivity index is 1.47. The van der Waals surface area contributed by atoms with Gasteiger partial charge in [0.2, 0.25) is 5.91 Å². The van der Waals surface area contributed by atoms with Gasteiger partial charge in [0.15, 0.2) is 5.16 Å². The Morgan fingerprint density at radius 2 is 1.88 bits per heavy atom. The zero-order valence-electron chi connectivity index (χ0n) is 17.4. The molecule has 3 rings (SSSR count). The van der Waals surface area contributed by atoms with E-state index in [-0.39, 0.29) is 17.6 Å². The summed E-state index contributed by atoms with van der Waals surface area (Å²) >= 11 is 13.2. The highest BCUT2D eigenvalue weighted by atomic mass is 35.5. The first-order valence-electron chi connectivity index (χ1n) is 9.55. The number of hydrogen-bond donors (Lipinski definition) is 2. The molecular weight excluding hydrogens is 473 g/mol. The lowest BCUT2D eigenvalue weighted by Crippen LogP contribution is -2.26. The van der Waals surface area contributed by atoms with Crippen molar-refractivity contribution in [2.24, 2.45) is 7.05 Å². The summed E-state index contributed by atoms with van der Waals surface area (Å²) in [6, 6.07) is 11.7. The third-order valence-corrected chi connectivity index (χ3v) is 6.02. The average Bonchev–Trinajstić information content (AvgIpc) is 3.13. The minimum absolute atomic E-state index is 0.138. The van der Waals surface area contributed by atoms with Gasteiger partial charge in [0, 0.05) is 30.6 Å². The highest BCUT2D eigenvalue weighted by Gasteiger charge is 2.13. The van der Waals surface area contributed by atoms with Crippen LogP contribution in [-0.4, -0.2) is 46.0 Å². The molecule has 0 saturated carbocycles. The molecule has 0 aliphatic rings. The lowest BCUT2D eigenvalue weighted by atomic mass is 10.2. The van der Waals surface area contributed by atoms with Gasteiger partial charge >= 0.3 is 0 Å². The van der Waals surface area contributed by atoms with Gasteiger partial charge in [0.1, 0.15) is 11.6 Å². The second-order valence-electron chi connectivity index (χ2n) is 6.65. The summed E-state index contributed by atoms with van der Waals surface area (Å²) in [5.41, 5.74) is 1.04. The SMILES string of the molecule is COc1ccc(C(=O)NCCc2nnc(SCC(=O)Nc3ccc(Cl)cc3Cl)n2C)cc1. The van der Waals surface area contributed by atoms with Gasteiger partial charge < -0.3 is 19.9 Å². The smallest absolute Gasteiger partial charge is 0.251 e. The Labute approximate surface area is 199 Å². The fraction of sp³-hybridized carbons (Fsp3) is 0.238. The number of ether oxygens (including phenoxy) is 1. The number of nitrogens with one attached hydrogen (secondary N) is 2. The summed E-state index contributed by atoms with van der Waals surface area (Å²) in [6.45, 7) is 0.400. The van der Waals surface area contributed by atoms with Gasteiger partial charge in [0.05, 0.1) is 23.6 Å². The van der Waals surface area contributed by atoms with Gasteiger partial charge in [-0.15, -0.1) is 10.2 Å². The molecule has 0 unspecified atom stereocenters. The van der Waals surface area contributed by atoms with E-state index in [9.17, 15) is 9.59 Å². The number of thioether (sulfide) groups is 1. The largest absolute Gasteiger partial charge is 0.497 e. The fourth-order valence-corrected chi connectivity index (χ4v) is 3.91. The highest BCUT2D eigenvalue weighted by Crippen LogP contribution is 2.26. The first-order chi connectivity index (χ1) is 15.4. The van der Waals surface area contributed by atoms with Crippen LogP contribution in [0, 0.1) is 0 Å². The van der Waals surface area contributed by atoms with E-state index in [1.54, 1.807) is 54.1 Å². The highest BCUT2D eigenvalue weighted by molar-refractivity contribution is 7.99. The molecule has 1 aromatic heterocycles. The van der Waals surface area contributed by atoms with Gasteiger partial charge in [-0.2, -0.15) is 0 Å². The first kappa shape index (κ1) is 23.9. The third-order valence-electron chi connectivity index (χ3n) is 4.45. The molecule has 2 amide bonds. The molecule has 0 fully saturated rings. The number of carbonyl (C=O) groups excluding carboxylic acids is 2. The number of rotatable bonds is 9. The summed E-state index contributed by atoms with van der Waals surface area (Å²) in [5.74, 6) is 1.12. The van der Waals surface area contributed by atoms with Crippen molar-refractivity contribution < 1.29 is 14.3 Å². The molecule has 0 atom stereocenters. The van der Waals surface area contributed by atoms with Crippen LogP contribution >= 0.6 is 35.0 Å². The Morgan fingerprint density at radius 1 is 1.12 bits per heavy atom. The maximum atomic E-state index is 12.2. The number of halogens is 2. The Hall–Kier alpha value is -2.75. The van der Waals surface area contributed by atoms with Gasteiger partial charge in [0.25, 0.3) is 5.91 Å². The van der Waals surface area contributed by atoms with Gasteiger partial charge in [-0.25, -0.2) is 0 Å². The lowest BCUT2D eigenvalue weighted by molar-refractivity contribution is -0.113. The molecule has 8 nitrogen and oxygen atoms in total. The molecule has 0 radical (unpaired) electrons. The number of hydrogen-bond acceptors (Lipinski definition) is 6. The second kappa shape index (κ2) is 11.2. The molecule has 2 aromatic carbocycles. The van der Waals surface area contributed by atoms with E-state index in [1.165, 1.54) is 11.8 Å². The molecular formula is C21H21Cl2N5O3S. The van der Waals surface area contributed by atoms with Gasteiger partial charge in [-0.1, -0.05) is 35.0 Å². The number of anilines is 1. The molecule has 0 spiro atoms. The van der Waals surface area contributed by atoms with E-state index in [1.807, 2.05) is 7.05 Å². The van der Waals surface area contributed by atoms with Crippen LogP contribution in [0.2, 0.25) is 10.0 Å². The average molecular weight is 494 g/mol. The summed E-state index contributed by atoms with van der Waals surface area (Å²) in [4.78, 5) is 24.5. The second-order valence-corrected chi connectivity index (χ2v) is 8.44. The van der Waals surface area contributed by atoms with Crippen LogP contribution in [0.15, 0.2) is 47.6 Å². The topological polar surface area (TPSA) is 98.1 Å². The quantitative estimate of drug-likeness (QED) is 0.439. The molecule has 3 aromatic rings. The molecule has 168 valence electrons. The zero-order chi connectivity index (χ0) is 23.1. The van der Waals surface area contributed by atoms with E-state index in [2.05, 4.69) is 20.8 Å². The number of methoxy groups -OCH3 is 1. The number of amides is 2. The minimum atomic E-state index is -0.226. The van der Waals surface area contributed by atoms with Crippen molar-refractivity contribution in [1.29, 1.82) is 0 Å². The maximum absolute atomic E-state index is 12.2. The normalized spacial score (nSPS) is 10.6. The van der Waals surface area contributed by atoms with Gasteiger partial charge in [-0.3, -0.25) is 9.59 Å². The lowest BCUT2D eigenvalue weighted by Gasteiger charge is -2.08. The number of aromatic nitrogens is 3.